The van der Waals surface area contributed by atoms with Gasteiger partial charge in [0.2, 0.25) is 0 Å². The number of pyridine rings is 1. The minimum Gasteiger partial charge on any atom is -0.309 e. The summed E-state index contributed by atoms with van der Waals surface area (Å²) in [5, 5.41) is 24.0. The summed E-state index contributed by atoms with van der Waals surface area (Å²) in [5.41, 5.74) is 11.6. The topological polar surface area (TPSA) is 70.3 Å². The van der Waals surface area contributed by atoms with Gasteiger partial charge in [-0.2, -0.15) is 10.5 Å². The lowest BCUT2D eigenvalue weighted by molar-refractivity contribution is 1.17. The van der Waals surface area contributed by atoms with Gasteiger partial charge < -0.3 is 9.13 Å². The zero-order chi connectivity index (χ0) is 32.2. The molecule has 0 aliphatic rings. The Morgan fingerprint density at radius 3 is 1.88 bits per heavy atom. The highest BCUT2D eigenvalue weighted by atomic mass is 15.0. The van der Waals surface area contributed by atoms with Crippen LogP contribution in [0.3, 0.4) is 0 Å². The second-order valence-corrected chi connectivity index (χ2v) is 11.9. The lowest BCUT2D eigenvalue weighted by Gasteiger charge is -2.18. The molecule has 0 fully saturated rings. The second kappa shape index (κ2) is 10.8. The van der Waals surface area contributed by atoms with Gasteiger partial charge in [0.05, 0.1) is 51.0 Å². The Morgan fingerprint density at radius 2 is 1.10 bits per heavy atom. The van der Waals surface area contributed by atoms with Crippen LogP contribution in [-0.2, 0) is 0 Å². The number of hydrogen-bond donors (Lipinski definition) is 0. The number of benzene rings is 6. The first kappa shape index (κ1) is 27.4. The molecular weight excluding hydrogens is 587 g/mol. The molecule has 9 rings (SSSR count). The molecule has 222 valence electrons. The fourth-order valence-electron chi connectivity index (χ4n) is 7.19. The monoisotopic (exact) mass is 611 g/mol. The van der Waals surface area contributed by atoms with Crippen molar-refractivity contribution in [3.05, 3.63) is 163 Å². The van der Waals surface area contributed by atoms with E-state index in [0.717, 1.165) is 55.4 Å². The largest absolute Gasteiger partial charge is 0.309 e. The molecule has 0 radical (unpaired) electrons. The third-order valence-corrected chi connectivity index (χ3v) is 9.28. The Hall–Kier alpha value is -6.95. The molecule has 3 aromatic heterocycles. The first-order chi connectivity index (χ1) is 23.7. The maximum absolute atomic E-state index is 10.0. The van der Waals surface area contributed by atoms with Gasteiger partial charge >= 0.3 is 0 Å². The molecule has 0 amide bonds. The van der Waals surface area contributed by atoms with Crippen LogP contribution in [0.4, 0.5) is 0 Å². The molecular formula is C43H25N5. The Balaban J connectivity index is 1.28. The van der Waals surface area contributed by atoms with Crippen LogP contribution < -0.4 is 0 Å². The quantitative estimate of drug-likeness (QED) is 0.199. The Labute approximate surface area is 276 Å². The minimum absolute atomic E-state index is 0.567. The van der Waals surface area contributed by atoms with Crippen molar-refractivity contribution in [2.75, 3.05) is 0 Å². The number of hydrogen-bond acceptors (Lipinski definition) is 3. The van der Waals surface area contributed by atoms with Gasteiger partial charge in [-0.1, -0.05) is 78.9 Å². The fraction of sp³-hybridized carbons (Fsp3) is 0. The van der Waals surface area contributed by atoms with E-state index in [9.17, 15) is 10.5 Å². The van der Waals surface area contributed by atoms with Crippen LogP contribution in [0.1, 0.15) is 11.1 Å². The van der Waals surface area contributed by atoms with Gasteiger partial charge in [-0.25, -0.2) is 0 Å². The van der Waals surface area contributed by atoms with Gasteiger partial charge in [-0.15, -0.1) is 0 Å². The van der Waals surface area contributed by atoms with E-state index in [2.05, 4.69) is 123 Å². The second-order valence-electron chi connectivity index (χ2n) is 11.9. The molecule has 5 heteroatoms. The van der Waals surface area contributed by atoms with Crippen LogP contribution in [0.15, 0.2) is 152 Å². The highest BCUT2D eigenvalue weighted by molar-refractivity contribution is 6.11. The number of nitrogens with zero attached hydrogens (tertiary/aromatic N) is 5. The van der Waals surface area contributed by atoms with Crippen LogP contribution in [0.2, 0.25) is 0 Å². The van der Waals surface area contributed by atoms with E-state index in [-0.39, 0.29) is 0 Å². The maximum atomic E-state index is 10.0. The molecule has 0 unspecified atom stereocenters. The molecule has 0 saturated heterocycles. The van der Waals surface area contributed by atoms with Gasteiger partial charge in [-0.05, 0) is 77.4 Å². The third-order valence-electron chi connectivity index (χ3n) is 9.28. The number of nitriles is 2. The van der Waals surface area contributed by atoms with Crippen LogP contribution in [0.25, 0.3) is 77.2 Å². The van der Waals surface area contributed by atoms with Gasteiger partial charge in [0.1, 0.15) is 0 Å². The van der Waals surface area contributed by atoms with Crippen molar-refractivity contribution < 1.29 is 0 Å². The normalized spacial score (nSPS) is 11.3. The van der Waals surface area contributed by atoms with Crippen molar-refractivity contribution in [3.63, 3.8) is 0 Å². The summed E-state index contributed by atoms with van der Waals surface area (Å²) in [6.45, 7) is 0. The van der Waals surface area contributed by atoms with Crippen LogP contribution >= 0.6 is 0 Å². The summed E-state index contributed by atoms with van der Waals surface area (Å²) in [4.78, 5) is 4.41. The summed E-state index contributed by atoms with van der Waals surface area (Å²) < 4.78 is 4.53. The minimum atomic E-state index is 0.567. The summed E-state index contributed by atoms with van der Waals surface area (Å²) in [6.07, 6.45) is 3.63. The first-order valence-corrected chi connectivity index (χ1v) is 15.7. The predicted octanol–water partition coefficient (Wildman–Crippen LogP) is 10.4. The van der Waals surface area contributed by atoms with Gasteiger partial charge in [-0.3, -0.25) is 4.98 Å². The van der Waals surface area contributed by atoms with Crippen LogP contribution in [0, 0.1) is 22.7 Å². The van der Waals surface area contributed by atoms with Crippen molar-refractivity contribution in [2.45, 2.75) is 0 Å². The Bertz CT molecular complexity index is 2770. The molecule has 48 heavy (non-hydrogen) atoms. The van der Waals surface area contributed by atoms with Crippen molar-refractivity contribution in [3.8, 4) is 45.8 Å². The fourth-order valence-corrected chi connectivity index (χ4v) is 7.19. The average molecular weight is 612 g/mol. The molecule has 0 atom stereocenters. The molecule has 0 saturated carbocycles. The molecule has 0 N–H and O–H groups in total. The van der Waals surface area contributed by atoms with Gasteiger partial charge in [0, 0.05) is 45.2 Å². The summed E-state index contributed by atoms with van der Waals surface area (Å²) in [6, 6.07) is 52.5. The molecule has 9 aromatic rings. The molecule has 3 heterocycles. The number of rotatable bonds is 4. The van der Waals surface area contributed by atoms with Crippen molar-refractivity contribution in [1.29, 1.82) is 10.5 Å². The van der Waals surface area contributed by atoms with Gasteiger partial charge in [0.25, 0.3) is 0 Å². The third kappa shape index (κ3) is 4.13. The zero-order valence-corrected chi connectivity index (χ0v) is 25.7. The highest BCUT2D eigenvalue weighted by Crippen LogP contribution is 2.41. The molecule has 5 nitrogen and oxygen atoms in total. The molecule has 0 aliphatic carbocycles. The highest BCUT2D eigenvalue weighted by Gasteiger charge is 2.19. The van der Waals surface area contributed by atoms with Crippen molar-refractivity contribution in [1.82, 2.24) is 14.1 Å². The van der Waals surface area contributed by atoms with E-state index < -0.39 is 0 Å². The molecule has 0 aliphatic heterocycles. The van der Waals surface area contributed by atoms with E-state index in [0.29, 0.717) is 11.1 Å². The molecule has 0 spiro atoms. The Kier molecular flexibility index (Phi) is 6.18. The van der Waals surface area contributed by atoms with E-state index in [1.54, 1.807) is 6.20 Å². The standard InChI is InChI=1S/C43H25N5/c44-25-28-17-19-41-37(22-28)38-27-46-21-20-42(38)48(41)43-23-29(26-45)16-18-36(43)33-11-2-1-10-32(33)30-8-7-9-31(24-30)47-39-14-5-3-12-34(39)35-13-4-6-15-40(35)47/h1-24,27H. The van der Waals surface area contributed by atoms with Crippen molar-refractivity contribution in [2.24, 2.45) is 0 Å². The molecule has 0 bridgehead atoms. The summed E-state index contributed by atoms with van der Waals surface area (Å²) in [5.74, 6) is 0. The average Bonchev–Trinajstić information content (AvgIpc) is 3.67. The SMILES string of the molecule is N#Cc1ccc(-c2ccccc2-c2cccc(-n3c4ccccc4c4ccccc43)c2)c(-n2c3ccncc3c3cc(C#N)ccc32)c1. The lowest BCUT2D eigenvalue weighted by atomic mass is 9.92. The number of aromatic nitrogens is 3. The van der Waals surface area contributed by atoms with Crippen molar-refractivity contribution >= 4 is 43.6 Å². The van der Waals surface area contributed by atoms with E-state index in [4.69, 9.17) is 0 Å². The maximum Gasteiger partial charge on any atom is 0.0992 e. The smallest absolute Gasteiger partial charge is 0.0992 e. The zero-order valence-electron chi connectivity index (χ0n) is 25.7. The van der Waals surface area contributed by atoms with E-state index in [1.165, 1.54) is 21.8 Å². The van der Waals surface area contributed by atoms with Gasteiger partial charge in [0.15, 0.2) is 0 Å². The lowest BCUT2D eigenvalue weighted by Crippen LogP contribution is -1.99. The molecule has 6 aromatic carbocycles. The predicted molar refractivity (Wildman–Crippen MR) is 193 cm³/mol. The first-order valence-electron chi connectivity index (χ1n) is 15.7. The van der Waals surface area contributed by atoms with Crippen LogP contribution in [0.5, 0.6) is 0 Å². The Morgan fingerprint density at radius 1 is 0.458 bits per heavy atom. The number of fused-ring (bicyclic) bond motifs is 6. The summed E-state index contributed by atoms with van der Waals surface area (Å²) >= 11 is 0. The summed E-state index contributed by atoms with van der Waals surface area (Å²) in [7, 11) is 0. The van der Waals surface area contributed by atoms with Crippen LogP contribution in [-0.4, -0.2) is 14.1 Å². The number of para-hydroxylation sites is 2. The van der Waals surface area contributed by atoms with E-state index >= 15 is 0 Å². The van der Waals surface area contributed by atoms with E-state index in [1.807, 2.05) is 48.7 Å².